The van der Waals surface area contributed by atoms with E-state index in [9.17, 15) is 14.9 Å². The number of hydrogen-bond acceptors (Lipinski definition) is 6. The van der Waals surface area contributed by atoms with E-state index in [1.807, 2.05) is 0 Å². The molecule has 25 heavy (non-hydrogen) atoms. The Morgan fingerprint density at radius 3 is 2.84 bits per heavy atom. The van der Waals surface area contributed by atoms with Gasteiger partial charge in [0, 0.05) is 11.6 Å². The monoisotopic (exact) mass is 361 g/mol. The number of fused-ring (bicyclic) bond motifs is 1. The smallest absolute Gasteiger partial charge is 0.288 e. The standard InChI is InChI=1S/C16H12ClN3O5/c17-11-6-5-10(7-12(11)20(22)23)8-18-19-16(21)15-9-24-13-3-1-2-4-14(13)25-15/h1-8,15H,9H2,(H,19,21). The zero-order chi connectivity index (χ0) is 17.8. The number of halogens is 1. The summed E-state index contributed by atoms with van der Waals surface area (Å²) in [5, 5.41) is 14.6. The molecule has 128 valence electrons. The van der Waals surface area contributed by atoms with Crippen LogP contribution in [0.15, 0.2) is 47.6 Å². The van der Waals surface area contributed by atoms with Gasteiger partial charge < -0.3 is 9.47 Å². The maximum Gasteiger partial charge on any atom is 0.288 e. The number of amides is 1. The van der Waals surface area contributed by atoms with Crippen LogP contribution in [0.25, 0.3) is 0 Å². The number of rotatable bonds is 4. The summed E-state index contributed by atoms with van der Waals surface area (Å²) in [7, 11) is 0. The first kappa shape index (κ1) is 16.7. The maximum atomic E-state index is 12.1. The summed E-state index contributed by atoms with van der Waals surface area (Å²) in [6, 6.07) is 11.2. The minimum atomic E-state index is -0.841. The molecule has 0 aromatic heterocycles. The largest absolute Gasteiger partial charge is 0.485 e. The van der Waals surface area contributed by atoms with Gasteiger partial charge in [0.1, 0.15) is 11.6 Å². The van der Waals surface area contributed by atoms with Crippen LogP contribution in [0, 0.1) is 10.1 Å². The quantitative estimate of drug-likeness (QED) is 0.512. The van der Waals surface area contributed by atoms with Gasteiger partial charge in [0.2, 0.25) is 6.10 Å². The zero-order valence-electron chi connectivity index (χ0n) is 12.7. The van der Waals surface area contributed by atoms with Crippen LogP contribution in [0.4, 0.5) is 5.69 Å². The summed E-state index contributed by atoms with van der Waals surface area (Å²) in [6.45, 7) is 0.0603. The molecule has 8 nitrogen and oxygen atoms in total. The van der Waals surface area contributed by atoms with Gasteiger partial charge in [0.05, 0.1) is 11.1 Å². The number of nitrogens with zero attached hydrogens (tertiary/aromatic N) is 2. The molecule has 1 N–H and O–H groups in total. The van der Waals surface area contributed by atoms with E-state index in [-0.39, 0.29) is 17.3 Å². The Kier molecular flexibility index (Phi) is 4.80. The average molecular weight is 362 g/mol. The van der Waals surface area contributed by atoms with Crippen LogP contribution in [0.5, 0.6) is 11.5 Å². The zero-order valence-corrected chi connectivity index (χ0v) is 13.5. The van der Waals surface area contributed by atoms with Crippen LogP contribution < -0.4 is 14.9 Å². The molecule has 1 unspecified atom stereocenters. The molecule has 0 radical (unpaired) electrons. The molecule has 0 fully saturated rings. The Balaban J connectivity index is 1.62. The van der Waals surface area contributed by atoms with Crippen LogP contribution in [-0.4, -0.2) is 29.8 Å². The van der Waals surface area contributed by atoms with Gasteiger partial charge in [-0.1, -0.05) is 29.8 Å². The van der Waals surface area contributed by atoms with Crippen LogP contribution in [0.3, 0.4) is 0 Å². The van der Waals surface area contributed by atoms with E-state index in [2.05, 4.69) is 10.5 Å². The Labute approximate surface area is 147 Å². The second kappa shape index (κ2) is 7.18. The molecule has 1 heterocycles. The average Bonchev–Trinajstić information content (AvgIpc) is 2.62. The summed E-state index contributed by atoms with van der Waals surface area (Å²) in [6.07, 6.45) is 0.436. The van der Waals surface area contributed by atoms with Gasteiger partial charge in [-0.15, -0.1) is 0 Å². The van der Waals surface area contributed by atoms with E-state index in [1.165, 1.54) is 18.3 Å². The number of nitro benzene ring substituents is 1. The molecule has 0 spiro atoms. The first-order valence-corrected chi connectivity index (χ1v) is 7.58. The first-order chi connectivity index (χ1) is 12.0. The Morgan fingerprint density at radius 2 is 2.08 bits per heavy atom. The van der Waals surface area contributed by atoms with E-state index >= 15 is 0 Å². The van der Waals surface area contributed by atoms with Gasteiger partial charge in [0.25, 0.3) is 11.6 Å². The first-order valence-electron chi connectivity index (χ1n) is 7.20. The second-order valence-corrected chi connectivity index (χ2v) is 5.47. The van der Waals surface area contributed by atoms with Crippen molar-refractivity contribution in [2.24, 2.45) is 5.10 Å². The van der Waals surface area contributed by atoms with Crippen molar-refractivity contribution in [1.29, 1.82) is 0 Å². The fraction of sp³-hybridized carbons (Fsp3) is 0.125. The number of hydrogen-bond donors (Lipinski definition) is 1. The fourth-order valence-electron chi connectivity index (χ4n) is 2.14. The van der Waals surface area contributed by atoms with Crippen LogP contribution in [0.2, 0.25) is 5.02 Å². The van der Waals surface area contributed by atoms with Crippen LogP contribution in [0.1, 0.15) is 5.56 Å². The molecule has 2 aromatic rings. The van der Waals surface area contributed by atoms with Crippen LogP contribution in [-0.2, 0) is 4.79 Å². The number of hydrazone groups is 1. The van der Waals surface area contributed by atoms with Crippen LogP contribution >= 0.6 is 11.6 Å². The highest BCUT2D eigenvalue weighted by atomic mass is 35.5. The molecule has 9 heteroatoms. The molecule has 1 atom stereocenters. The number of nitrogens with one attached hydrogen (secondary N) is 1. The third-order valence-electron chi connectivity index (χ3n) is 3.36. The van der Waals surface area contributed by atoms with Crippen molar-refractivity contribution >= 4 is 29.4 Å². The SMILES string of the molecule is O=C(NN=Cc1ccc(Cl)c([N+](=O)[O-])c1)C1COc2ccccc2O1. The predicted octanol–water partition coefficient (Wildman–Crippen LogP) is 2.54. The molecular weight excluding hydrogens is 350 g/mol. The predicted molar refractivity (Wildman–Crippen MR) is 90.2 cm³/mol. The Morgan fingerprint density at radius 1 is 1.32 bits per heavy atom. The highest BCUT2D eigenvalue weighted by Gasteiger charge is 2.27. The summed E-state index contributed by atoms with van der Waals surface area (Å²) in [4.78, 5) is 22.3. The highest BCUT2D eigenvalue weighted by Crippen LogP contribution is 2.30. The third kappa shape index (κ3) is 3.86. The van der Waals surface area contributed by atoms with E-state index in [0.717, 1.165) is 0 Å². The second-order valence-electron chi connectivity index (χ2n) is 5.07. The van der Waals surface area contributed by atoms with E-state index in [1.54, 1.807) is 30.3 Å². The number of ether oxygens (including phenoxy) is 2. The number of benzene rings is 2. The van der Waals surface area contributed by atoms with Gasteiger partial charge in [-0.3, -0.25) is 14.9 Å². The number of para-hydroxylation sites is 2. The summed E-state index contributed by atoms with van der Waals surface area (Å²) < 4.78 is 11.0. The molecule has 1 aliphatic rings. The topological polar surface area (TPSA) is 103 Å². The third-order valence-corrected chi connectivity index (χ3v) is 3.68. The number of carbonyl (C=O) groups excluding carboxylic acids is 1. The molecule has 0 saturated carbocycles. The lowest BCUT2D eigenvalue weighted by atomic mass is 10.2. The summed E-state index contributed by atoms with van der Waals surface area (Å²) >= 11 is 5.73. The molecule has 0 aliphatic carbocycles. The van der Waals surface area contributed by atoms with Crippen molar-refractivity contribution in [2.45, 2.75) is 6.10 Å². The summed E-state index contributed by atoms with van der Waals surface area (Å²) in [5.74, 6) is 0.559. The lowest BCUT2D eigenvalue weighted by Crippen LogP contribution is -2.42. The van der Waals surface area contributed by atoms with Crippen molar-refractivity contribution in [3.05, 3.63) is 63.2 Å². The van der Waals surface area contributed by atoms with Gasteiger partial charge >= 0.3 is 0 Å². The van der Waals surface area contributed by atoms with E-state index < -0.39 is 16.9 Å². The van der Waals surface area contributed by atoms with Crippen molar-refractivity contribution in [3.8, 4) is 11.5 Å². The van der Waals surface area contributed by atoms with Crippen molar-refractivity contribution in [2.75, 3.05) is 6.61 Å². The highest BCUT2D eigenvalue weighted by molar-refractivity contribution is 6.32. The number of nitro groups is 1. The van der Waals surface area contributed by atoms with Gasteiger partial charge in [-0.25, -0.2) is 5.43 Å². The maximum absolute atomic E-state index is 12.1. The molecule has 1 amide bonds. The normalized spacial score (nSPS) is 15.8. The van der Waals surface area contributed by atoms with Crippen molar-refractivity contribution in [1.82, 2.24) is 5.43 Å². The Hall–Kier alpha value is -3.13. The van der Waals surface area contributed by atoms with Crippen molar-refractivity contribution < 1.29 is 19.2 Å². The van der Waals surface area contributed by atoms with Gasteiger partial charge in [-0.2, -0.15) is 5.10 Å². The molecule has 0 bridgehead atoms. The van der Waals surface area contributed by atoms with Gasteiger partial charge in [0.15, 0.2) is 11.5 Å². The van der Waals surface area contributed by atoms with Gasteiger partial charge in [-0.05, 0) is 18.2 Å². The summed E-state index contributed by atoms with van der Waals surface area (Å²) in [5.41, 5.74) is 2.50. The molecule has 3 rings (SSSR count). The molecule has 1 aliphatic heterocycles. The minimum absolute atomic E-state index is 0.0256. The number of carbonyl (C=O) groups is 1. The fourth-order valence-corrected chi connectivity index (χ4v) is 2.33. The molecule has 0 saturated heterocycles. The van der Waals surface area contributed by atoms with Crippen molar-refractivity contribution in [3.63, 3.8) is 0 Å². The molecular formula is C16H12ClN3O5. The molecule has 2 aromatic carbocycles. The minimum Gasteiger partial charge on any atom is -0.485 e. The van der Waals surface area contributed by atoms with E-state index in [4.69, 9.17) is 21.1 Å². The lowest BCUT2D eigenvalue weighted by Gasteiger charge is -2.24. The Bertz CT molecular complexity index is 855. The lowest BCUT2D eigenvalue weighted by molar-refractivity contribution is -0.384. The van der Waals surface area contributed by atoms with E-state index in [0.29, 0.717) is 17.1 Å².